The number of rotatable bonds is 4. The Kier molecular flexibility index (Phi) is 5.09. The number of hydrogen-bond acceptors (Lipinski definition) is 2. The number of halogens is 1. The number of benzene rings is 2. The third-order valence-electron chi connectivity index (χ3n) is 3.77. The molecule has 0 aliphatic rings. The van der Waals surface area contributed by atoms with Crippen molar-refractivity contribution < 1.29 is 4.39 Å². The molecule has 0 bridgehead atoms. The van der Waals surface area contributed by atoms with Crippen molar-refractivity contribution in [2.45, 2.75) is 20.4 Å². The molecule has 2 aromatic carbocycles. The van der Waals surface area contributed by atoms with Gasteiger partial charge in [-0.25, -0.2) is 4.39 Å². The van der Waals surface area contributed by atoms with Crippen LogP contribution in [-0.2, 0) is 6.54 Å². The Hall–Kier alpha value is -2.73. The molecule has 2 N–H and O–H groups in total. The fourth-order valence-corrected chi connectivity index (χ4v) is 2.73. The molecule has 0 aliphatic carbocycles. The molecule has 0 spiro atoms. The van der Waals surface area contributed by atoms with Crippen molar-refractivity contribution in [2.75, 3.05) is 10.6 Å². The van der Waals surface area contributed by atoms with E-state index in [0.29, 0.717) is 17.5 Å². The molecular formula is C19H19FN4S. The molecule has 0 atom stereocenters. The van der Waals surface area contributed by atoms with Crippen LogP contribution in [0.4, 0.5) is 15.9 Å². The van der Waals surface area contributed by atoms with Crippen LogP contribution in [0.3, 0.4) is 0 Å². The Morgan fingerprint density at radius 1 is 1.08 bits per heavy atom. The molecule has 6 heteroatoms. The summed E-state index contributed by atoms with van der Waals surface area (Å²) in [6.45, 7) is 4.66. The number of aromatic nitrogens is 2. The Bertz CT molecular complexity index is 887. The third-order valence-corrected chi connectivity index (χ3v) is 3.97. The van der Waals surface area contributed by atoms with Crippen molar-refractivity contribution in [1.29, 1.82) is 0 Å². The molecule has 0 fully saturated rings. The fraction of sp³-hybridized carbons (Fsp3) is 0.158. The van der Waals surface area contributed by atoms with E-state index in [4.69, 9.17) is 12.2 Å². The van der Waals surface area contributed by atoms with E-state index in [9.17, 15) is 4.39 Å². The second kappa shape index (κ2) is 7.44. The van der Waals surface area contributed by atoms with Crippen LogP contribution < -0.4 is 10.6 Å². The minimum Gasteiger partial charge on any atom is -0.332 e. The van der Waals surface area contributed by atoms with Gasteiger partial charge in [0.2, 0.25) is 0 Å². The molecule has 0 radical (unpaired) electrons. The average molecular weight is 354 g/mol. The van der Waals surface area contributed by atoms with Crippen LogP contribution in [-0.4, -0.2) is 14.9 Å². The lowest BCUT2D eigenvalue weighted by Crippen LogP contribution is -2.20. The molecule has 0 unspecified atom stereocenters. The van der Waals surface area contributed by atoms with Crippen molar-refractivity contribution in [3.8, 4) is 0 Å². The highest BCUT2D eigenvalue weighted by molar-refractivity contribution is 7.80. The molecule has 0 aliphatic heterocycles. The molecule has 128 valence electrons. The van der Waals surface area contributed by atoms with E-state index in [0.717, 1.165) is 16.8 Å². The van der Waals surface area contributed by atoms with Gasteiger partial charge < -0.3 is 10.6 Å². The van der Waals surface area contributed by atoms with E-state index in [1.807, 2.05) is 31.3 Å². The first-order valence-electron chi connectivity index (χ1n) is 7.93. The molecule has 25 heavy (non-hydrogen) atoms. The first kappa shape index (κ1) is 17.1. The predicted molar refractivity (Wildman–Crippen MR) is 103 cm³/mol. The van der Waals surface area contributed by atoms with Gasteiger partial charge in [0, 0.05) is 18.0 Å². The summed E-state index contributed by atoms with van der Waals surface area (Å²) in [5.41, 5.74) is 4.29. The normalized spacial score (nSPS) is 10.5. The minimum absolute atomic E-state index is 0.241. The summed E-state index contributed by atoms with van der Waals surface area (Å²) in [5, 5.41) is 11.2. The SMILES string of the molecule is Cc1ccc(NC(=S)Nc2ccn(Cc3ccc(F)cc3)n2)c(C)c1. The largest absolute Gasteiger partial charge is 0.332 e. The van der Waals surface area contributed by atoms with Gasteiger partial charge in [0.15, 0.2) is 10.9 Å². The summed E-state index contributed by atoms with van der Waals surface area (Å²) in [4.78, 5) is 0. The van der Waals surface area contributed by atoms with Crippen molar-refractivity contribution in [3.05, 3.63) is 77.2 Å². The zero-order valence-electron chi connectivity index (χ0n) is 14.1. The standard InChI is InChI=1S/C19H19FN4S/c1-13-3-8-17(14(2)11-13)21-19(25)22-18-9-10-24(23-18)12-15-4-6-16(20)7-5-15/h3-11H,12H2,1-2H3,(H2,21,22,23,25). The highest BCUT2D eigenvalue weighted by Gasteiger charge is 2.05. The third kappa shape index (κ3) is 4.64. The number of anilines is 2. The Morgan fingerprint density at radius 2 is 1.84 bits per heavy atom. The van der Waals surface area contributed by atoms with Gasteiger partial charge in [0.25, 0.3) is 0 Å². The predicted octanol–water partition coefficient (Wildman–Crippen LogP) is 4.50. The number of aryl methyl sites for hydroxylation is 2. The smallest absolute Gasteiger partial charge is 0.176 e. The summed E-state index contributed by atoms with van der Waals surface area (Å²) in [5.74, 6) is 0.416. The lowest BCUT2D eigenvalue weighted by molar-refractivity contribution is 0.624. The Labute approximate surface area is 151 Å². The second-order valence-corrected chi connectivity index (χ2v) is 6.33. The number of nitrogens with one attached hydrogen (secondary N) is 2. The molecule has 4 nitrogen and oxygen atoms in total. The fourth-order valence-electron chi connectivity index (χ4n) is 2.52. The maximum Gasteiger partial charge on any atom is 0.176 e. The van der Waals surface area contributed by atoms with Crippen LogP contribution >= 0.6 is 12.2 Å². The molecule has 0 saturated heterocycles. The molecule has 1 heterocycles. The summed E-state index contributed by atoms with van der Waals surface area (Å²) in [6.07, 6.45) is 1.85. The van der Waals surface area contributed by atoms with Gasteiger partial charge in [0.05, 0.1) is 6.54 Å². The van der Waals surface area contributed by atoms with Crippen LogP contribution in [0.2, 0.25) is 0 Å². The maximum atomic E-state index is 12.9. The second-order valence-electron chi connectivity index (χ2n) is 5.92. The van der Waals surface area contributed by atoms with Gasteiger partial charge in [-0.1, -0.05) is 29.8 Å². The van der Waals surface area contributed by atoms with E-state index in [1.165, 1.54) is 17.7 Å². The number of nitrogens with zero attached hydrogens (tertiary/aromatic N) is 2. The van der Waals surface area contributed by atoms with Crippen molar-refractivity contribution in [3.63, 3.8) is 0 Å². The van der Waals surface area contributed by atoms with Crippen LogP contribution in [0.1, 0.15) is 16.7 Å². The lowest BCUT2D eigenvalue weighted by Gasteiger charge is -2.11. The van der Waals surface area contributed by atoms with Crippen LogP contribution in [0.5, 0.6) is 0 Å². The first-order chi connectivity index (χ1) is 12.0. The van der Waals surface area contributed by atoms with Gasteiger partial charge in [-0.2, -0.15) is 5.10 Å². The molecule has 3 aromatic rings. The van der Waals surface area contributed by atoms with E-state index < -0.39 is 0 Å². The Balaban J connectivity index is 1.60. The first-order valence-corrected chi connectivity index (χ1v) is 8.33. The topological polar surface area (TPSA) is 41.9 Å². The van der Waals surface area contributed by atoms with E-state index >= 15 is 0 Å². The van der Waals surface area contributed by atoms with Gasteiger partial charge in [0.1, 0.15) is 5.82 Å². The van der Waals surface area contributed by atoms with Crippen LogP contribution in [0.15, 0.2) is 54.7 Å². The summed E-state index contributed by atoms with van der Waals surface area (Å²) < 4.78 is 14.7. The van der Waals surface area contributed by atoms with Gasteiger partial charge in [-0.05, 0) is 55.4 Å². The summed E-state index contributed by atoms with van der Waals surface area (Å²) in [6, 6.07) is 14.4. The quantitative estimate of drug-likeness (QED) is 0.677. The molecule has 0 saturated carbocycles. The van der Waals surface area contributed by atoms with Crippen molar-refractivity contribution >= 4 is 28.8 Å². The lowest BCUT2D eigenvalue weighted by atomic mass is 10.1. The molecule has 1 aromatic heterocycles. The Morgan fingerprint density at radius 3 is 2.56 bits per heavy atom. The van der Waals surface area contributed by atoms with Gasteiger partial charge >= 0.3 is 0 Å². The average Bonchev–Trinajstić information content (AvgIpc) is 2.99. The highest BCUT2D eigenvalue weighted by Crippen LogP contribution is 2.16. The van der Waals surface area contributed by atoms with E-state index in [2.05, 4.69) is 28.7 Å². The molecule has 0 amide bonds. The van der Waals surface area contributed by atoms with Crippen molar-refractivity contribution in [2.24, 2.45) is 0 Å². The minimum atomic E-state index is -0.241. The van der Waals surface area contributed by atoms with Crippen LogP contribution in [0, 0.1) is 19.7 Å². The van der Waals surface area contributed by atoms with Gasteiger partial charge in [-0.3, -0.25) is 4.68 Å². The summed E-state index contributed by atoms with van der Waals surface area (Å²) in [7, 11) is 0. The molecule has 3 rings (SSSR count). The van der Waals surface area contributed by atoms with Crippen LogP contribution in [0.25, 0.3) is 0 Å². The number of hydrogen-bond donors (Lipinski definition) is 2. The maximum absolute atomic E-state index is 12.9. The van der Waals surface area contributed by atoms with Gasteiger partial charge in [-0.15, -0.1) is 0 Å². The number of thiocarbonyl (C=S) groups is 1. The zero-order valence-corrected chi connectivity index (χ0v) is 14.9. The van der Waals surface area contributed by atoms with E-state index in [-0.39, 0.29) is 5.82 Å². The van der Waals surface area contributed by atoms with Crippen molar-refractivity contribution in [1.82, 2.24) is 9.78 Å². The summed E-state index contributed by atoms with van der Waals surface area (Å²) >= 11 is 5.35. The van der Waals surface area contributed by atoms with E-state index in [1.54, 1.807) is 16.8 Å². The monoisotopic (exact) mass is 354 g/mol. The highest BCUT2D eigenvalue weighted by atomic mass is 32.1. The molecular weight excluding hydrogens is 335 g/mol. The zero-order chi connectivity index (χ0) is 17.8.